The van der Waals surface area contributed by atoms with Crippen molar-refractivity contribution in [1.82, 2.24) is 19.5 Å². The van der Waals surface area contributed by atoms with Crippen LogP contribution in [0.2, 0.25) is 0 Å². The van der Waals surface area contributed by atoms with Crippen molar-refractivity contribution in [1.29, 1.82) is 0 Å². The van der Waals surface area contributed by atoms with Gasteiger partial charge in [-0.2, -0.15) is 0 Å². The molecule has 4 N–H and O–H groups in total. The predicted octanol–water partition coefficient (Wildman–Crippen LogP) is 0.793. The van der Waals surface area contributed by atoms with Crippen molar-refractivity contribution < 1.29 is 24.8 Å². The molecular formula is C18H21N5O5. The molecule has 10 nitrogen and oxygen atoms in total. The number of hydrogen-bond acceptors (Lipinski definition) is 9. The third-order valence-corrected chi connectivity index (χ3v) is 4.78. The standard InChI is InChI=1S/C18H21N5O5/c1-27-16-10(3-2-4-11(16)25)6-19-17-15-18(21-8-20-17)23(9-22-15)14-5-12(26)13(7-24)28-14/h2-4,8-9,12-14,24-26H,5-7H2,1H3,(H,19,20,21)/t12-,13+,14?/m0/s1. The Morgan fingerprint density at radius 2 is 2.18 bits per heavy atom. The van der Waals surface area contributed by atoms with Crippen LogP contribution in [0.15, 0.2) is 30.9 Å². The lowest BCUT2D eigenvalue weighted by atomic mass is 10.2. The number of methoxy groups -OCH3 is 1. The van der Waals surface area contributed by atoms with Gasteiger partial charge in [0.15, 0.2) is 28.5 Å². The number of nitrogens with zero attached hydrogens (tertiary/aromatic N) is 4. The molecule has 1 aromatic carbocycles. The van der Waals surface area contributed by atoms with Crippen LogP contribution in [0.5, 0.6) is 11.5 Å². The third-order valence-electron chi connectivity index (χ3n) is 4.78. The van der Waals surface area contributed by atoms with Crippen molar-refractivity contribution in [2.45, 2.75) is 31.4 Å². The Morgan fingerprint density at radius 3 is 2.93 bits per heavy atom. The van der Waals surface area contributed by atoms with Crippen LogP contribution in [0.25, 0.3) is 11.2 Å². The molecule has 1 fully saturated rings. The Morgan fingerprint density at radius 1 is 1.32 bits per heavy atom. The lowest BCUT2D eigenvalue weighted by Crippen LogP contribution is -2.24. The van der Waals surface area contributed by atoms with Gasteiger partial charge in [-0.3, -0.25) is 4.57 Å². The number of benzene rings is 1. The smallest absolute Gasteiger partial charge is 0.167 e. The lowest BCUT2D eigenvalue weighted by molar-refractivity contribution is -0.0432. The maximum absolute atomic E-state index is 9.97. The molecule has 0 bridgehead atoms. The summed E-state index contributed by atoms with van der Waals surface area (Å²) in [6.45, 7) is 0.111. The van der Waals surface area contributed by atoms with Gasteiger partial charge in [-0.05, 0) is 6.07 Å². The molecule has 0 amide bonds. The predicted molar refractivity (Wildman–Crippen MR) is 98.9 cm³/mol. The molecule has 1 saturated heterocycles. The van der Waals surface area contributed by atoms with Crippen molar-refractivity contribution in [2.24, 2.45) is 0 Å². The molecule has 3 heterocycles. The van der Waals surface area contributed by atoms with E-state index in [1.807, 2.05) is 6.07 Å². The van der Waals surface area contributed by atoms with E-state index in [1.54, 1.807) is 23.0 Å². The fourth-order valence-electron chi connectivity index (χ4n) is 3.37. The molecule has 10 heteroatoms. The fourth-order valence-corrected chi connectivity index (χ4v) is 3.37. The number of phenols is 1. The van der Waals surface area contributed by atoms with Gasteiger partial charge in [0.25, 0.3) is 0 Å². The lowest BCUT2D eigenvalue weighted by Gasteiger charge is -2.14. The SMILES string of the molecule is COc1c(O)cccc1CNc1ncnc2c1ncn2C1C[C@H](O)[C@@H](CO)O1. The fraction of sp³-hybridized carbons (Fsp3) is 0.389. The quantitative estimate of drug-likeness (QED) is 0.484. The number of aromatic nitrogens is 4. The minimum absolute atomic E-state index is 0.0642. The van der Waals surface area contributed by atoms with Crippen molar-refractivity contribution >= 4 is 17.0 Å². The first-order valence-electron chi connectivity index (χ1n) is 8.83. The molecule has 1 unspecified atom stereocenters. The van der Waals surface area contributed by atoms with Gasteiger partial charge >= 0.3 is 0 Å². The third kappa shape index (κ3) is 3.21. The molecule has 0 aliphatic carbocycles. The molecule has 2 aromatic heterocycles. The monoisotopic (exact) mass is 387 g/mol. The summed E-state index contributed by atoms with van der Waals surface area (Å²) < 4.78 is 12.7. The number of para-hydroxylation sites is 1. The van der Waals surface area contributed by atoms with Crippen LogP contribution in [0, 0.1) is 0 Å². The molecule has 148 valence electrons. The first-order valence-corrected chi connectivity index (χ1v) is 8.83. The second kappa shape index (κ2) is 7.58. The highest BCUT2D eigenvalue weighted by Gasteiger charge is 2.35. The van der Waals surface area contributed by atoms with Crippen molar-refractivity contribution in [2.75, 3.05) is 19.0 Å². The Hall–Kier alpha value is -2.95. The van der Waals surface area contributed by atoms with Gasteiger partial charge in [-0.15, -0.1) is 0 Å². The van der Waals surface area contributed by atoms with E-state index in [1.165, 1.54) is 13.4 Å². The zero-order chi connectivity index (χ0) is 19.7. The number of aliphatic hydroxyl groups is 2. The summed E-state index contributed by atoms with van der Waals surface area (Å²) in [5, 5.41) is 32.3. The van der Waals surface area contributed by atoms with Gasteiger partial charge in [-0.25, -0.2) is 15.0 Å². The number of rotatable bonds is 6. The second-order valence-electron chi connectivity index (χ2n) is 6.48. The highest BCUT2D eigenvalue weighted by atomic mass is 16.5. The molecule has 3 aromatic rings. The second-order valence-corrected chi connectivity index (χ2v) is 6.48. The highest BCUT2D eigenvalue weighted by molar-refractivity contribution is 5.82. The minimum Gasteiger partial charge on any atom is -0.504 e. The van der Waals surface area contributed by atoms with Crippen LogP contribution in [0.3, 0.4) is 0 Å². The van der Waals surface area contributed by atoms with E-state index >= 15 is 0 Å². The molecule has 0 spiro atoms. The minimum atomic E-state index is -0.745. The summed E-state index contributed by atoms with van der Waals surface area (Å²) in [4.78, 5) is 12.9. The topological polar surface area (TPSA) is 135 Å². The van der Waals surface area contributed by atoms with Crippen molar-refractivity contribution in [3.8, 4) is 11.5 Å². The van der Waals surface area contributed by atoms with E-state index in [9.17, 15) is 15.3 Å². The normalized spacial score (nSPS) is 21.9. The van der Waals surface area contributed by atoms with E-state index < -0.39 is 18.4 Å². The average Bonchev–Trinajstić information content (AvgIpc) is 3.29. The van der Waals surface area contributed by atoms with E-state index in [4.69, 9.17) is 9.47 Å². The Balaban J connectivity index is 1.58. The number of ether oxygens (including phenoxy) is 2. The number of fused-ring (bicyclic) bond motifs is 1. The van der Waals surface area contributed by atoms with Crippen LogP contribution in [-0.4, -0.2) is 60.8 Å². The van der Waals surface area contributed by atoms with Crippen molar-refractivity contribution in [3.05, 3.63) is 36.4 Å². The number of hydrogen-bond donors (Lipinski definition) is 4. The Bertz CT molecular complexity index is 978. The van der Waals surface area contributed by atoms with Crippen LogP contribution >= 0.6 is 0 Å². The summed E-state index contributed by atoms with van der Waals surface area (Å²) in [5.74, 6) is 0.981. The molecule has 1 aliphatic rings. The summed E-state index contributed by atoms with van der Waals surface area (Å²) in [5.41, 5.74) is 1.87. The van der Waals surface area contributed by atoms with E-state index in [0.29, 0.717) is 35.7 Å². The van der Waals surface area contributed by atoms with E-state index in [-0.39, 0.29) is 12.4 Å². The van der Waals surface area contributed by atoms with Crippen molar-refractivity contribution in [3.63, 3.8) is 0 Å². The number of aromatic hydroxyl groups is 1. The molecule has 3 atom stereocenters. The summed E-state index contributed by atoms with van der Waals surface area (Å²) in [7, 11) is 1.50. The van der Waals surface area contributed by atoms with E-state index in [2.05, 4.69) is 20.3 Å². The van der Waals surface area contributed by atoms with Gasteiger partial charge in [0.1, 0.15) is 18.7 Å². The number of nitrogens with one attached hydrogen (secondary N) is 1. The molecule has 4 rings (SSSR count). The van der Waals surface area contributed by atoms with Crippen LogP contribution < -0.4 is 10.1 Å². The van der Waals surface area contributed by atoms with Crippen LogP contribution in [-0.2, 0) is 11.3 Å². The maximum Gasteiger partial charge on any atom is 0.167 e. The molecular weight excluding hydrogens is 366 g/mol. The zero-order valence-electron chi connectivity index (χ0n) is 15.2. The molecule has 0 radical (unpaired) electrons. The average molecular weight is 387 g/mol. The maximum atomic E-state index is 9.97. The number of anilines is 1. The molecule has 0 saturated carbocycles. The van der Waals surface area contributed by atoms with Gasteiger partial charge in [-0.1, -0.05) is 12.1 Å². The largest absolute Gasteiger partial charge is 0.504 e. The molecule has 28 heavy (non-hydrogen) atoms. The van der Waals surface area contributed by atoms with Gasteiger partial charge in [0.2, 0.25) is 0 Å². The number of imidazole rings is 1. The van der Waals surface area contributed by atoms with Crippen LogP contribution in [0.4, 0.5) is 5.82 Å². The van der Waals surface area contributed by atoms with Crippen LogP contribution in [0.1, 0.15) is 18.2 Å². The first kappa shape index (κ1) is 18.4. The zero-order valence-corrected chi connectivity index (χ0v) is 15.2. The summed E-state index contributed by atoms with van der Waals surface area (Å²) in [6.07, 6.45) is 1.49. The Kier molecular flexibility index (Phi) is 4.99. The number of phenolic OH excluding ortho intramolecular Hbond substituents is 1. The molecule has 1 aliphatic heterocycles. The Labute approximate surface area is 160 Å². The van der Waals surface area contributed by atoms with Gasteiger partial charge < -0.3 is 30.1 Å². The summed E-state index contributed by atoms with van der Waals surface area (Å²) in [6, 6.07) is 5.13. The van der Waals surface area contributed by atoms with Gasteiger partial charge in [0.05, 0.1) is 26.1 Å². The first-order chi connectivity index (χ1) is 13.6. The highest BCUT2D eigenvalue weighted by Crippen LogP contribution is 2.32. The van der Waals surface area contributed by atoms with Gasteiger partial charge in [0, 0.05) is 18.5 Å². The van der Waals surface area contributed by atoms with E-state index in [0.717, 1.165) is 5.56 Å². The number of aliphatic hydroxyl groups excluding tert-OH is 2. The summed E-state index contributed by atoms with van der Waals surface area (Å²) >= 11 is 0.